The van der Waals surface area contributed by atoms with Crippen molar-refractivity contribution in [2.24, 2.45) is 5.92 Å². The number of aromatic nitrogens is 1. The van der Waals surface area contributed by atoms with Crippen LogP contribution in [-0.2, 0) is 17.8 Å². The monoisotopic (exact) mass is 477 g/mol. The number of hydrogen-bond acceptors (Lipinski definition) is 3. The molecule has 0 saturated heterocycles. The zero-order chi connectivity index (χ0) is 23.9. The van der Waals surface area contributed by atoms with Crippen LogP contribution in [0.15, 0.2) is 47.8 Å². The molecule has 1 saturated carbocycles. The summed E-state index contributed by atoms with van der Waals surface area (Å²) >= 11 is 1.65. The number of benzene rings is 1. The first-order valence-corrected chi connectivity index (χ1v) is 13.5. The minimum absolute atomic E-state index is 0.0188. The number of amides is 2. The summed E-state index contributed by atoms with van der Waals surface area (Å²) in [6.45, 7) is 6.83. The highest BCUT2D eigenvalue weighted by atomic mass is 32.1. The molecule has 6 heteroatoms. The smallest absolute Gasteiger partial charge is 0.271 e. The molecule has 5 rings (SSSR count). The Bertz CT molecular complexity index is 1170. The van der Waals surface area contributed by atoms with Gasteiger partial charge in [-0.1, -0.05) is 37.3 Å². The van der Waals surface area contributed by atoms with Gasteiger partial charge in [0.2, 0.25) is 5.91 Å². The van der Waals surface area contributed by atoms with Gasteiger partial charge < -0.3 is 14.8 Å². The van der Waals surface area contributed by atoms with Gasteiger partial charge in [-0.25, -0.2) is 0 Å². The summed E-state index contributed by atoms with van der Waals surface area (Å²) < 4.78 is 3.17. The minimum Gasteiger partial charge on any atom is -0.351 e. The van der Waals surface area contributed by atoms with Gasteiger partial charge in [0.1, 0.15) is 11.2 Å². The molecule has 3 heterocycles. The molecule has 180 valence electrons. The average molecular weight is 478 g/mol. The number of nitrogens with zero attached hydrogens (tertiary/aromatic N) is 2. The summed E-state index contributed by atoms with van der Waals surface area (Å²) in [5, 5.41) is 5.40. The highest BCUT2D eigenvalue weighted by Crippen LogP contribution is 2.36. The van der Waals surface area contributed by atoms with Gasteiger partial charge in [-0.05, 0) is 81.4 Å². The molecular weight excluding hydrogens is 442 g/mol. The highest BCUT2D eigenvalue weighted by Gasteiger charge is 2.50. The summed E-state index contributed by atoms with van der Waals surface area (Å²) in [6.07, 6.45) is 6.02. The molecule has 1 fully saturated rings. The molecular formula is C28H35N3O2S. The van der Waals surface area contributed by atoms with E-state index in [2.05, 4.69) is 47.3 Å². The number of carbonyl (C=O) groups is 2. The summed E-state index contributed by atoms with van der Waals surface area (Å²) in [5.74, 6) is 0.670. The standard InChI is InChI=1S/C28H35N3O2S/c1-19-9-13-22(14-10-19)29-27(33)28(3)18-30-23-15-16-34-25(23)17-24(30)26(32)31(28)20(2)11-12-21-7-5-4-6-8-21/h4-8,15-17,19-20,22H,9-14,18H2,1-3H3,(H,29,33). The third-order valence-electron chi connectivity index (χ3n) is 7.93. The van der Waals surface area contributed by atoms with Gasteiger partial charge in [-0.3, -0.25) is 9.59 Å². The van der Waals surface area contributed by atoms with Crippen molar-refractivity contribution in [3.8, 4) is 0 Å². The fraction of sp³-hybridized carbons (Fsp3) is 0.500. The van der Waals surface area contributed by atoms with Crippen molar-refractivity contribution in [1.82, 2.24) is 14.8 Å². The van der Waals surface area contributed by atoms with E-state index in [-0.39, 0.29) is 23.9 Å². The number of thiophene rings is 1. The summed E-state index contributed by atoms with van der Waals surface area (Å²) in [7, 11) is 0. The Kier molecular flexibility index (Phi) is 6.28. The lowest BCUT2D eigenvalue weighted by Crippen LogP contribution is -2.67. The van der Waals surface area contributed by atoms with E-state index >= 15 is 0 Å². The quantitative estimate of drug-likeness (QED) is 0.500. The third-order valence-corrected chi connectivity index (χ3v) is 8.79. The molecule has 2 unspecified atom stereocenters. The van der Waals surface area contributed by atoms with Crippen LogP contribution in [0.3, 0.4) is 0 Å². The number of nitrogens with one attached hydrogen (secondary N) is 1. The van der Waals surface area contributed by atoms with Crippen LogP contribution >= 0.6 is 11.3 Å². The molecule has 2 aliphatic rings. The normalized spacial score (nSPS) is 25.9. The highest BCUT2D eigenvalue weighted by molar-refractivity contribution is 7.17. The van der Waals surface area contributed by atoms with Crippen LogP contribution in [0.2, 0.25) is 0 Å². The SMILES string of the molecule is CC1CCC(NC(=O)C2(C)Cn3c(cc4sccc43)C(=O)N2C(C)CCc2ccccc2)CC1. The number of carbonyl (C=O) groups excluding carboxylic acids is 2. The molecule has 34 heavy (non-hydrogen) atoms. The van der Waals surface area contributed by atoms with Crippen LogP contribution < -0.4 is 5.32 Å². The van der Waals surface area contributed by atoms with Gasteiger partial charge in [0.15, 0.2) is 0 Å². The molecule has 0 radical (unpaired) electrons. The number of rotatable bonds is 6. The van der Waals surface area contributed by atoms with Crippen molar-refractivity contribution >= 4 is 33.4 Å². The summed E-state index contributed by atoms with van der Waals surface area (Å²) in [4.78, 5) is 29.7. The Morgan fingerprint density at radius 2 is 1.91 bits per heavy atom. The third kappa shape index (κ3) is 4.17. The second-order valence-corrected chi connectivity index (χ2v) is 11.5. The predicted molar refractivity (Wildman–Crippen MR) is 138 cm³/mol. The van der Waals surface area contributed by atoms with Crippen molar-refractivity contribution in [2.45, 2.75) is 83.5 Å². The van der Waals surface area contributed by atoms with Crippen molar-refractivity contribution in [3.05, 3.63) is 59.1 Å². The lowest BCUT2D eigenvalue weighted by atomic mass is 9.86. The van der Waals surface area contributed by atoms with E-state index in [0.717, 1.165) is 54.7 Å². The zero-order valence-corrected chi connectivity index (χ0v) is 21.2. The lowest BCUT2D eigenvalue weighted by Gasteiger charge is -2.47. The molecule has 3 aromatic rings. The van der Waals surface area contributed by atoms with Crippen LogP contribution in [0.4, 0.5) is 0 Å². The second kappa shape index (κ2) is 9.21. The van der Waals surface area contributed by atoms with Gasteiger partial charge in [0, 0.05) is 12.1 Å². The number of aryl methyl sites for hydroxylation is 1. The van der Waals surface area contributed by atoms with E-state index in [1.54, 1.807) is 11.3 Å². The van der Waals surface area contributed by atoms with E-state index in [1.165, 1.54) is 5.56 Å². The second-order valence-electron chi connectivity index (χ2n) is 10.5. The number of hydrogen-bond donors (Lipinski definition) is 1. The topological polar surface area (TPSA) is 54.3 Å². The van der Waals surface area contributed by atoms with Crippen molar-refractivity contribution in [2.75, 3.05) is 0 Å². The molecule has 2 aromatic heterocycles. The average Bonchev–Trinajstić information content (AvgIpc) is 3.42. The molecule has 1 N–H and O–H groups in total. The molecule has 0 spiro atoms. The lowest BCUT2D eigenvalue weighted by molar-refractivity contribution is -0.135. The predicted octanol–water partition coefficient (Wildman–Crippen LogP) is 5.63. The first-order chi connectivity index (χ1) is 16.4. The van der Waals surface area contributed by atoms with E-state index in [1.807, 2.05) is 36.1 Å². The first kappa shape index (κ1) is 23.2. The Morgan fingerprint density at radius 1 is 1.18 bits per heavy atom. The largest absolute Gasteiger partial charge is 0.351 e. The van der Waals surface area contributed by atoms with Gasteiger partial charge in [0.05, 0.1) is 16.8 Å². The van der Waals surface area contributed by atoms with E-state index in [4.69, 9.17) is 0 Å². The molecule has 2 amide bonds. The van der Waals surface area contributed by atoms with Crippen LogP contribution in [-0.4, -0.2) is 38.9 Å². The fourth-order valence-corrected chi connectivity index (χ4v) is 6.64. The molecule has 0 bridgehead atoms. The molecule has 2 atom stereocenters. The number of fused-ring (bicyclic) bond motifs is 3. The minimum atomic E-state index is -0.933. The Labute approximate surface area is 206 Å². The summed E-state index contributed by atoms with van der Waals surface area (Å²) in [6, 6.07) is 14.6. The molecule has 5 nitrogen and oxygen atoms in total. The van der Waals surface area contributed by atoms with E-state index < -0.39 is 5.54 Å². The maximum Gasteiger partial charge on any atom is 0.271 e. The fourth-order valence-electron chi connectivity index (χ4n) is 5.82. The maximum atomic E-state index is 13.9. The zero-order valence-electron chi connectivity index (χ0n) is 20.4. The Balaban J connectivity index is 1.44. The van der Waals surface area contributed by atoms with Gasteiger partial charge in [-0.2, -0.15) is 0 Å². The first-order valence-electron chi connectivity index (χ1n) is 12.6. The van der Waals surface area contributed by atoms with Crippen molar-refractivity contribution < 1.29 is 9.59 Å². The molecule has 1 aliphatic carbocycles. The van der Waals surface area contributed by atoms with Gasteiger partial charge >= 0.3 is 0 Å². The van der Waals surface area contributed by atoms with E-state index in [0.29, 0.717) is 12.2 Å². The van der Waals surface area contributed by atoms with Gasteiger partial charge in [0.25, 0.3) is 5.91 Å². The van der Waals surface area contributed by atoms with Crippen LogP contribution in [0.25, 0.3) is 10.2 Å². The van der Waals surface area contributed by atoms with Crippen molar-refractivity contribution in [1.29, 1.82) is 0 Å². The van der Waals surface area contributed by atoms with Crippen LogP contribution in [0.1, 0.15) is 68.9 Å². The Hall–Kier alpha value is -2.60. The van der Waals surface area contributed by atoms with E-state index in [9.17, 15) is 9.59 Å². The van der Waals surface area contributed by atoms with Crippen LogP contribution in [0, 0.1) is 5.92 Å². The molecule has 1 aromatic carbocycles. The maximum absolute atomic E-state index is 13.9. The summed E-state index contributed by atoms with van der Waals surface area (Å²) in [5.41, 5.74) is 2.07. The Morgan fingerprint density at radius 3 is 2.65 bits per heavy atom. The van der Waals surface area contributed by atoms with Crippen LogP contribution in [0.5, 0.6) is 0 Å². The molecule has 1 aliphatic heterocycles. The van der Waals surface area contributed by atoms with Crippen molar-refractivity contribution in [3.63, 3.8) is 0 Å². The van der Waals surface area contributed by atoms with Gasteiger partial charge in [-0.15, -0.1) is 11.3 Å².